The van der Waals surface area contributed by atoms with Crippen molar-refractivity contribution in [3.8, 4) is 5.75 Å². The molecule has 1 saturated heterocycles. The Kier molecular flexibility index (Phi) is 6.53. The van der Waals surface area contributed by atoms with E-state index in [-0.39, 0.29) is 24.7 Å². The van der Waals surface area contributed by atoms with Gasteiger partial charge in [0.1, 0.15) is 12.4 Å². The molecule has 10 heteroatoms. The van der Waals surface area contributed by atoms with Crippen molar-refractivity contribution >= 4 is 18.3 Å². The monoisotopic (exact) mass is 458 g/mol. The number of hydrogen-bond donors (Lipinski definition) is 2. The first-order chi connectivity index (χ1) is 15.8. The first-order valence-corrected chi connectivity index (χ1v) is 10.6. The molecule has 0 spiro atoms. The van der Waals surface area contributed by atoms with Crippen LogP contribution < -0.4 is 15.1 Å². The molecule has 0 aliphatic carbocycles. The van der Waals surface area contributed by atoms with Crippen LogP contribution in [0.2, 0.25) is 0 Å². The van der Waals surface area contributed by atoms with Gasteiger partial charge in [0.25, 0.3) is 17.8 Å². The Morgan fingerprint density at radius 3 is 2.27 bits per heavy atom. The summed E-state index contributed by atoms with van der Waals surface area (Å²) in [6.07, 6.45) is 2.33. The molecule has 0 aromatic heterocycles. The van der Waals surface area contributed by atoms with Crippen LogP contribution in [0.4, 0.5) is 14.5 Å². The maximum absolute atomic E-state index is 13.4. The van der Waals surface area contributed by atoms with Gasteiger partial charge in [-0.3, -0.25) is 0 Å². The molecule has 0 amide bonds. The molecule has 1 fully saturated rings. The molecule has 0 saturated carbocycles. The van der Waals surface area contributed by atoms with Crippen LogP contribution in [0.1, 0.15) is 18.4 Å². The average molecular weight is 458 g/mol. The molecule has 0 unspecified atom stereocenters. The molecule has 33 heavy (non-hydrogen) atoms. The van der Waals surface area contributed by atoms with E-state index in [1.807, 2.05) is 29.2 Å². The zero-order valence-electron chi connectivity index (χ0n) is 18.2. The van der Waals surface area contributed by atoms with Crippen molar-refractivity contribution in [1.29, 1.82) is 0 Å². The second-order valence-electron chi connectivity index (χ2n) is 8.04. The van der Waals surface area contributed by atoms with Crippen LogP contribution in [0.5, 0.6) is 5.75 Å². The smallest absolute Gasteiger partial charge is 0.494 e. The van der Waals surface area contributed by atoms with Gasteiger partial charge in [0, 0.05) is 44.1 Å². The number of alkyl halides is 2. The van der Waals surface area contributed by atoms with Crippen LogP contribution in [0, 0.1) is 0 Å². The summed E-state index contributed by atoms with van der Waals surface area (Å²) in [5, 5.41) is 19.7. The number of ether oxygens (including phenoxy) is 1. The van der Waals surface area contributed by atoms with Gasteiger partial charge in [0.15, 0.2) is 0 Å². The van der Waals surface area contributed by atoms with Crippen molar-refractivity contribution in [2.75, 3.05) is 25.0 Å². The number of aliphatic hydroxyl groups is 2. The normalized spacial score (nSPS) is 19.9. The van der Waals surface area contributed by atoms with Gasteiger partial charge in [-0.1, -0.05) is 24.3 Å². The molecular formula is C23H25BF2N2O5. The highest BCUT2D eigenvalue weighted by atomic mass is 19.3. The van der Waals surface area contributed by atoms with Gasteiger partial charge in [0.2, 0.25) is 0 Å². The minimum Gasteiger partial charge on any atom is -0.494 e. The van der Waals surface area contributed by atoms with Crippen LogP contribution in [-0.2, 0) is 15.9 Å². The summed E-state index contributed by atoms with van der Waals surface area (Å²) in [5.74, 6) is -2.69. The molecule has 2 aromatic rings. The zero-order valence-corrected chi connectivity index (χ0v) is 18.2. The number of benzene rings is 2. The lowest BCUT2D eigenvalue weighted by molar-refractivity contribution is -0.0220. The summed E-state index contributed by atoms with van der Waals surface area (Å²) in [6, 6.07) is 14.6. The van der Waals surface area contributed by atoms with Crippen LogP contribution in [0.25, 0.3) is 0 Å². The molecule has 2 aromatic carbocycles. The maximum Gasteiger partial charge on any atom is 0.636 e. The molecule has 7 nitrogen and oxygen atoms in total. The maximum atomic E-state index is 13.4. The van der Waals surface area contributed by atoms with Crippen LogP contribution >= 0.6 is 0 Å². The van der Waals surface area contributed by atoms with Gasteiger partial charge in [0.05, 0.1) is 12.4 Å². The van der Waals surface area contributed by atoms with Gasteiger partial charge < -0.3 is 34.1 Å². The van der Waals surface area contributed by atoms with Crippen molar-refractivity contribution < 1.29 is 33.0 Å². The number of anilines is 1. The number of halogens is 2. The number of nitrogens with zero attached hydrogens (tertiary/aromatic N) is 2. The fourth-order valence-corrected chi connectivity index (χ4v) is 3.65. The largest absolute Gasteiger partial charge is 0.636 e. The molecule has 2 heterocycles. The Hall–Kier alpha value is -3.56. The second-order valence-corrected chi connectivity index (χ2v) is 8.04. The molecule has 2 N–H and O–H groups in total. The highest BCUT2D eigenvalue weighted by Crippen LogP contribution is 2.30. The summed E-state index contributed by atoms with van der Waals surface area (Å²) in [6.45, 7) is 0.971. The lowest BCUT2D eigenvalue weighted by Crippen LogP contribution is -2.39. The Morgan fingerprint density at radius 2 is 1.64 bits per heavy atom. The minimum absolute atomic E-state index is 0.133. The third kappa shape index (κ3) is 6.03. The van der Waals surface area contributed by atoms with Crippen LogP contribution in [-0.4, -0.2) is 48.3 Å². The summed E-state index contributed by atoms with van der Waals surface area (Å²) < 4.78 is 43.4. The predicted molar refractivity (Wildman–Crippen MR) is 120 cm³/mol. The van der Waals surface area contributed by atoms with E-state index in [4.69, 9.17) is 14.0 Å². The fraction of sp³-hybridized carbons (Fsp3) is 0.304. The molecule has 174 valence electrons. The van der Waals surface area contributed by atoms with E-state index < -0.39 is 13.0 Å². The van der Waals surface area contributed by atoms with E-state index in [1.54, 1.807) is 31.3 Å². The van der Waals surface area contributed by atoms with E-state index in [0.29, 0.717) is 30.9 Å². The third-order valence-corrected chi connectivity index (χ3v) is 5.41. The van der Waals surface area contributed by atoms with Crippen molar-refractivity contribution in [3.05, 3.63) is 78.4 Å². The minimum atomic E-state index is -2.57. The van der Waals surface area contributed by atoms with Crippen molar-refractivity contribution in [2.45, 2.75) is 25.4 Å². The Labute approximate surface area is 191 Å². The third-order valence-electron chi connectivity index (χ3n) is 5.41. The van der Waals surface area contributed by atoms with Crippen molar-refractivity contribution in [2.24, 2.45) is 0 Å². The molecular weight excluding hydrogens is 433 g/mol. The second kappa shape index (κ2) is 9.52. The van der Waals surface area contributed by atoms with E-state index in [1.165, 1.54) is 17.3 Å². The van der Waals surface area contributed by atoms with Crippen molar-refractivity contribution in [1.82, 2.24) is 4.90 Å². The standard InChI is InChI=1S/C23H25BF2N2O5/c1-27-14-21(29)32-24(33-22(30)15-27)18-5-7-20(8-6-18)31-16-17-3-2-4-19(13-17)28-11-9-23(25,26)10-12-28/h2-8,13-15,29-30H,9-12,16H2,1H3/b21-14-,22-15?. The lowest BCUT2D eigenvalue weighted by atomic mass is 9.79. The van der Waals surface area contributed by atoms with E-state index >= 15 is 0 Å². The van der Waals surface area contributed by atoms with Gasteiger partial charge in [-0.15, -0.1) is 0 Å². The quantitative estimate of drug-likeness (QED) is 0.659. The fourth-order valence-electron chi connectivity index (χ4n) is 3.65. The first-order valence-electron chi connectivity index (χ1n) is 10.6. The molecule has 4 rings (SSSR count). The van der Waals surface area contributed by atoms with E-state index in [0.717, 1.165) is 11.3 Å². The number of aliphatic hydroxyl groups excluding tert-OH is 2. The van der Waals surface area contributed by atoms with Crippen LogP contribution in [0.15, 0.2) is 72.8 Å². The van der Waals surface area contributed by atoms with E-state index in [9.17, 15) is 19.0 Å². The average Bonchev–Trinajstić information content (AvgIpc) is 2.76. The van der Waals surface area contributed by atoms with Gasteiger partial charge in [-0.05, 0) is 29.8 Å². The summed E-state index contributed by atoms with van der Waals surface area (Å²) >= 11 is 0. The summed E-state index contributed by atoms with van der Waals surface area (Å²) in [7, 11) is 0.570. The number of rotatable bonds is 5. The van der Waals surface area contributed by atoms with Gasteiger partial charge in [-0.25, -0.2) is 8.78 Å². The highest BCUT2D eigenvalue weighted by molar-refractivity contribution is 6.61. The van der Waals surface area contributed by atoms with Crippen LogP contribution in [0.3, 0.4) is 0 Å². The SMILES string of the molecule is CN1C=C(O)OB(c2ccc(OCc3cccc(N4CCC(F)(F)CC4)c3)cc2)O/C(O)=C\1. The van der Waals surface area contributed by atoms with E-state index in [2.05, 4.69) is 0 Å². The van der Waals surface area contributed by atoms with Gasteiger partial charge in [-0.2, -0.15) is 0 Å². The first kappa shape index (κ1) is 22.6. The zero-order chi connectivity index (χ0) is 23.4. The predicted octanol–water partition coefficient (Wildman–Crippen LogP) is 3.89. The van der Waals surface area contributed by atoms with Gasteiger partial charge >= 0.3 is 7.12 Å². The number of hydrogen-bond acceptors (Lipinski definition) is 7. The van der Waals surface area contributed by atoms with Crippen molar-refractivity contribution in [3.63, 3.8) is 0 Å². The molecule has 2 aliphatic heterocycles. The molecule has 0 atom stereocenters. The summed E-state index contributed by atoms with van der Waals surface area (Å²) in [5.41, 5.74) is 2.40. The molecule has 0 bridgehead atoms. The Morgan fingerprint density at radius 1 is 1.00 bits per heavy atom. The topological polar surface area (TPSA) is 74.6 Å². The Bertz CT molecular complexity index is 1000. The highest BCUT2D eigenvalue weighted by Gasteiger charge is 2.34. The Balaban J connectivity index is 1.36. The molecule has 0 radical (unpaired) electrons. The summed E-state index contributed by atoms with van der Waals surface area (Å²) in [4.78, 5) is 3.36. The lowest BCUT2D eigenvalue weighted by Gasteiger charge is -2.33. The molecule has 2 aliphatic rings. The number of piperidine rings is 1.